The second-order valence-corrected chi connectivity index (χ2v) is 7.20. The van der Waals surface area contributed by atoms with Gasteiger partial charge in [-0.05, 0) is 25.5 Å². The van der Waals surface area contributed by atoms with Crippen molar-refractivity contribution >= 4 is 29.8 Å². The number of rotatable bonds is 5. The molecular formula is C20H22FN7O. The van der Waals surface area contributed by atoms with Crippen molar-refractivity contribution in [3.63, 3.8) is 0 Å². The van der Waals surface area contributed by atoms with E-state index in [1.807, 2.05) is 6.92 Å². The Bertz CT molecular complexity index is 964. The lowest BCUT2D eigenvalue weighted by Crippen LogP contribution is -2.65. The van der Waals surface area contributed by atoms with Gasteiger partial charge in [0.15, 0.2) is 0 Å². The molecule has 2 unspecified atom stereocenters. The van der Waals surface area contributed by atoms with Crippen molar-refractivity contribution in [2.75, 3.05) is 30.0 Å². The third-order valence-electron chi connectivity index (χ3n) is 5.54. The van der Waals surface area contributed by atoms with Gasteiger partial charge in [0.2, 0.25) is 0 Å². The predicted octanol–water partition coefficient (Wildman–Crippen LogP) is 2.32. The van der Waals surface area contributed by atoms with Crippen molar-refractivity contribution in [1.29, 1.82) is 5.41 Å². The van der Waals surface area contributed by atoms with Gasteiger partial charge in [-0.2, -0.15) is 5.10 Å². The zero-order valence-electron chi connectivity index (χ0n) is 16.0. The second kappa shape index (κ2) is 7.94. The van der Waals surface area contributed by atoms with E-state index in [0.29, 0.717) is 19.0 Å². The van der Waals surface area contributed by atoms with Gasteiger partial charge in [-0.3, -0.25) is 15.2 Å². The molecule has 0 saturated carbocycles. The van der Waals surface area contributed by atoms with Gasteiger partial charge in [0.05, 0.1) is 23.5 Å². The molecule has 0 spiro atoms. The first-order valence-corrected chi connectivity index (χ1v) is 9.50. The number of anilines is 2. The summed E-state index contributed by atoms with van der Waals surface area (Å²) in [5.74, 6) is 0.575. The third-order valence-corrected chi connectivity index (χ3v) is 5.54. The third kappa shape index (κ3) is 3.55. The Hall–Kier alpha value is -3.36. The quantitative estimate of drug-likeness (QED) is 0.598. The number of hydrogen-bond acceptors (Lipinski definition) is 7. The number of benzene rings is 1. The number of carbonyl (C=O) groups excluding carboxylic acids is 1. The minimum atomic E-state index is -0.562. The number of hydrazone groups is 1. The molecule has 0 radical (unpaired) electrons. The fraction of sp³-hybridized carbons (Fsp3) is 0.350. The first kappa shape index (κ1) is 19.0. The van der Waals surface area contributed by atoms with Crippen LogP contribution in [0, 0.1) is 24.1 Å². The normalized spacial score (nSPS) is 20.9. The second-order valence-electron chi connectivity index (χ2n) is 7.20. The number of likely N-dealkylation sites (tertiary alicyclic amines) is 1. The van der Waals surface area contributed by atoms with E-state index in [-0.39, 0.29) is 23.2 Å². The van der Waals surface area contributed by atoms with Crippen LogP contribution in [0.1, 0.15) is 22.5 Å². The van der Waals surface area contributed by atoms with Gasteiger partial charge >= 0.3 is 0 Å². The van der Waals surface area contributed by atoms with Crippen LogP contribution in [-0.4, -0.2) is 58.9 Å². The number of nitrogens with zero attached hydrogens (tertiary/aromatic N) is 5. The molecule has 2 aliphatic rings. The highest BCUT2D eigenvalue weighted by molar-refractivity contribution is 6.14. The van der Waals surface area contributed by atoms with E-state index < -0.39 is 5.82 Å². The van der Waals surface area contributed by atoms with Crippen molar-refractivity contribution in [2.45, 2.75) is 19.4 Å². The molecule has 3 heterocycles. The van der Waals surface area contributed by atoms with E-state index in [0.717, 1.165) is 30.7 Å². The average Bonchev–Trinajstić information content (AvgIpc) is 2.71. The number of fused-ring (bicyclic) bond motifs is 1. The minimum Gasteiger partial charge on any atom is -0.350 e. The molecule has 1 aromatic heterocycles. The number of hydrogen-bond donors (Lipinski definition) is 2. The van der Waals surface area contributed by atoms with Crippen molar-refractivity contribution in [3.05, 3.63) is 47.7 Å². The maximum Gasteiger partial charge on any atom is 0.256 e. The summed E-state index contributed by atoms with van der Waals surface area (Å²) in [6.45, 7) is 4.03. The fourth-order valence-corrected chi connectivity index (χ4v) is 4.03. The van der Waals surface area contributed by atoms with Crippen LogP contribution in [0.2, 0.25) is 0 Å². The smallest absolute Gasteiger partial charge is 0.256 e. The number of aromatic nitrogens is 2. The van der Waals surface area contributed by atoms with Crippen molar-refractivity contribution in [3.8, 4) is 0 Å². The van der Waals surface area contributed by atoms with Gasteiger partial charge < -0.3 is 15.2 Å². The molecule has 2 aromatic rings. The van der Waals surface area contributed by atoms with Crippen molar-refractivity contribution in [2.24, 2.45) is 11.0 Å². The van der Waals surface area contributed by atoms with Gasteiger partial charge in [-0.15, -0.1) is 0 Å². The van der Waals surface area contributed by atoms with Gasteiger partial charge in [0.25, 0.3) is 5.91 Å². The van der Waals surface area contributed by atoms with Crippen molar-refractivity contribution in [1.82, 2.24) is 14.9 Å². The molecule has 2 fully saturated rings. The van der Waals surface area contributed by atoms with Gasteiger partial charge in [0, 0.05) is 44.2 Å². The molecule has 0 aliphatic carbocycles. The molecule has 2 N–H and O–H groups in total. The Labute approximate surface area is 168 Å². The van der Waals surface area contributed by atoms with Crippen molar-refractivity contribution < 1.29 is 9.18 Å². The molecule has 2 aliphatic heterocycles. The first-order chi connectivity index (χ1) is 14.1. The molecular weight excluding hydrogens is 373 g/mol. The number of halogens is 1. The van der Waals surface area contributed by atoms with E-state index in [4.69, 9.17) is 5.41 Å². The summed E-state index contributed by atoms with van der Waals surface area (Å²) < 4.78 is 14.3. The standard InChI is InChI=1S/C20H22FN7O/c1-13-19(24-9-8-23-13)28-11-14-5-10-27(12-17(14)28)20(29)15-3-2-4-16(21)18(15)26-25-7-6-22/h2-4,6-9,14,17,22,26H,5,10-12H2,1H3/b22-6?,25-7-. The lowest BCUT2D eigenvalue weighted by molar-refractivity contribution is 0.0591. The Morgan fingerprint density at radius 2 is 2.17 bits per heavy atom. The van der Waals surface area contributed by atoms with Crippen LogP contribution >= 0.6 is 0 Å². The highest BCUT2D eigenvalue weighted by Crippen LogP contribution is 2.37. The van der Waals surface area contributed by atoms with E-state index in [1.165, 1.54) is 18.3 Å². The maximum absolute atomic E-state index is 14.3. The Morgan fingerprint density at radius 1 is 1.34 bits per heavy atom. The molecule has 8 nitrogen and oxygen atoms in total. The van der Waals surface area contributed by atoms with E-state index in [1.54, 1.807) is 23.4 Å². The van der Waals surface area contributed by atoms with Gasteiger partial charge in [0.1, 0.15) is 17.3 Å². The van der Waals surface area contributed by atoms with Crippen LogP contribution in [-0.2, 0) is 0 Å². The number of aryl methyl sites for hydroxylation is 1. The Morgan fingerprint density at radius 3 is 2.97 bits per heavy atom. The molecule has 4 rings (SSSR count). The lowest BCUT2D eigenvalue weighted by atomic mass is 9.82. The number of piperidine rings is 1. The molecule has 29 heavy (non-hydrogen) atoms. The maximum atomic E-state index is 14.3. The largest absolute Gasteiger partial charge is 0.350 e. The zero-order valence-corrected chi connectivity index (χ0v) is 16.0. The van der Waals surface area contributed by atoms with Gasteiger partial charge in [-0.1, -0.05) is 6.07 Å². The van der Waals surface area contributed by atoms with Crippen LogP contribution in [0.25, 0.3) is 0 Å². The first-order valence-electron chi connectivity index (χ1n) is 9.50. The predicted molar refractivity (Wildman–Crippen MR) is 109 cm³/mol. The molecule has 1 amide bonds. The van der Waals surface area contributed by atoms with Crippen LogP contribution in [0.15, 0.2) is 35.7 Å². The Balaban J connectivity index is 1.53. The highest BCUT2D eigenvalue weighted by Gasteiger charge is 2.45. The number of nitrogens with one attached hydrogen (secondary N) is 2. The lowest BCUT2D eigenvalue weighted by Gasteiger charge is -2.54. The monoisotopic (exact) mass is 395 g/mol. The number of amides is 1. The molecule has 9 heteroatoms. The summed E-state index contributed by atoms with van der Waals surface area (Å²) in [6, 6.07) is 4.56. The summed E-state index contributed by atoms with van der Waals surface area (Å²) in [7, 11) is 0. The van der Waals surface area contributed by atoms with Crippen LogP contribution in [0.5, 0.6) is 0 Å². The summed E-state index contributed by atoms with van der Waals surface area (Å²) >= 11 is 0. The van der Waals surface area contributed by atoms with E-state index in [2.05, 4.69) is 25.4 Å². The molecule has 2 atom stereocenters. The molecule has 2 saturated heterocycles. The molecule has 0 bridgehead atoms. The summed E-state index contributed by atoms with van der Waals surface area (Å²) in [4.78, 5) is 25.9. The Kier molecular flexibility index (Phi) is 5.20. The van der Waals surface area contributed by atoms with Gasteiger partial charge in [-0.25, -0.2) is 9.37 Å². The molecule has 1 aromatic carbocycles. The topological polar surface area (TPSA) is 97.6 Å². The van der Waals surface area contributed by atoms with Crippen LogP contribution in [0.3, 0.4) is 0 Å². The van der Waals surface area contributed by atoms with E-state index in [9.17, 15) is 9.18 Å². The summed E-state index contributed by atoms with van der Waals surface area (Å²) in [5.41, 5.74) is 3.67. The molecule has 150 valence electrons. The number of carbonyl (C=O) groups is 1. The number of para-hydroxylation sites is 1. The average molecular weight is 395 g/mol. The highest BCUT2D eigenvalue weighted by atomic mass is 19.1. The zero-order chi connectivity index (χ0) is 20.4. The summed E-state index contributed by atoms with van der Waals surface area (Å²) in [6.07, 6.45) is 6.41. The van der Waals surface area contributed by atoms with Crippen LogP contribution < -0.4 is 10.3 Å². The summed E-state index contributed by atoms with van der Waals surface area (Å²) in [5, 5.41) is 10.7. The van der Waals surface area contributed by atoms with Crippen LogP contribution in [0.4, 0.5) is 15.9 Å². The SMILES string of the molecule is Cc1nccnc1N1CC2CCN(C(=O)c3cccc(F)c3N/N=C\C=N)CC21. The van der Waals surface area contributed by atoms with E-state index >= 15 is 0 Å². The fourth-order valence-electron chi connectivity index (χ4n) is 4.03. The minimum absolute atomic E-state index is 0.0213.